The standard InChI is InChI=1S/C14H17N5O3/c1-9-3-5-11(6-4-9)14-16-18-19(17-14)8-12(20)15-10(2)7-13(21)22/h3-6,10H,7-8H2,1-2H3,(H,15,20)(H,21,22). The SMILES string of the molecule is Cc1ccc(-c2nnn(CC(=O)NC(C)CC(=O)O)n2)cc1. The Bertz CT molecular complexity index is 665. The molecule has 8 heteroatoms. The number of hydrogen-bond donors (Lipinski definition) is 2. The molecule has 1 unspecified atom stereocenters. The van der Waals surface area contributed by atoms with E-state index in [4.69, 9.17) is 5.11 Å². The molecule has 2 N–H and O–H groups in total. The highest BCUT2D eigenvalue weighted by Crippen LogP contribution is 2.13. The second-order valence-electron chi connectivity index (χ2n) is 5.08. The van der Waals surface area contributed by atoms with Crippen LogP contribution in [0.5, 0.6) is 0 Å². The molecule has 0 aliphatic carbocycles. The third-order valence-corrected chi connectivity index (χ3v) is 2.94. The van der Waals surface area contributed by atoms with Gasteiger partial charge in [0.25, 0.3) is 0 Å². The Morgan fingerprint density at radius 1 is 1.32 bits per heavy atom. The highest BCUT2D eigenvalue weighted by molar-refractivity contribution is 5.77. The molecule has 2 aromatic rings. The molecule has 1 amide bonds. The summed E-state index contributed by atoms with van der Waals surface area (Å²) in [7, 11) is 0. The van der Waals surface area contributed by atoms with Crippen molar-refractivity contribution in [2.75, 3.05) is 0 Å². The summed E-state index contributed by atoms with van der Waals surface area (Å²) >= 11 is 0. The molecule has 0 fully saturated rings. The van der Waals surface area contributed by atoms with Crippen molar-refractivity contribution < 1.29 is 14.7 Å². The second-order valence-corrected chi connectivity index (χ2v) is 5.08. The number of nitrogens with one attached hydrogen (secondary N) is 1. The van der Waals surface area contributed by atoms with Crippen LogP contribution in [0.15, 0.2) is 24.3 Å². The number of carboxylic acids is 1. The predicted molar refractivity (Wildman–Crippen MR) is 77.8 cm³/mol. The van der Waals surface area contributed by atoms with E-state index in [2.05, 4.69) is 20.7 Å². The smallest absolute Gasteiger partial charge is 0.305 e. The van der Waals surface area contributed by atoms with Crippen molar-refractivity contribution >= 4 is 11.9 Å². The van der Waals surface area contributed by atoms with Crippen molar-refractivity contribution in [3.05, 3.63) is 29.8 Å². The molecule has 0 spiro atoms. The molecule has 0 radical (unpaired) electrons. The number of amides is 1. The number of carbonyl (C=O) groups is 2. The molecule has 0 aliphatic rings. The van der Waals surface area contributed by atoms with Crippen LogP contribution in [-0.4, -0.2) is 43.2 Å². The van der Waals surface area contributed by atoms with Gasteiger partial charge in [0.15, 0.2) is 0 Å². The first-order valence-electron chi connectivity index (χ1n) is 6.80. The van der Waals surface area contributed by atoms with Crippen LogP contribution in [-0.2, 0) is 16.1 Å². The summed E-state index contributed by atoms with van der Waals surface area (Å²) in [6, 6.07) is 7.19. The van der Waals surface area contributed by atoms with Gasteiger partial charge >= 0.3 is 5.97 Å². The van der Waals surface area contributed by atoms with Crippen LogP contribution >= 0.6 is 0 Å². The average molecular weight is 303 g/mol. The van der Waals surface area contributed by atoms with Gasteiger partial charge in [-0.25, -0.2) is 0 Å². The van der Waals surface area contributed by atoms with Crippen molar-refractivity contribution in [1.29, 1.82) is 0 Å². The normalized spacial score (nSPS) is 11.9. The number of nitrogens with zero attached hydrogens (tertiary/aromatic N) is 4. The second kappa shape index (κ2) is 6.79. The maximum absolute atomic E-state index is 11.8. The van der Waals surface area contributed by atoms with Crippen molar-refractivity contribution in [3.8, 4) is 11.4 Å². The number of aliphatic carboxylic acids is 1. The van der Waals surface area contributed by atoms with Gasteiger partial charge in [0.05, 0.1) is 6.42 Å². The summed E-state index contributed by atoms with van der Waals surface area (Å²) in [5.41, 5.74) is 1.94. The van der Waals surface area contributed by atoms with Gasteiger partial charge in [-0.1, -0.05) is 29.8 Å². The maximum Gasteiger partial charge on any atom is 0.305 e. The van der Waals surface area contributed by atoms with E-state index >= 15 is 0 Å². The third kappa shape index (κ3) is 4.37. The van der Waals surface area contributed by atoms with Gasteiger partial charge in [0.2, 0.25) is 11.7 Å². The van der Waals surface area contributed by atoms with Crippen LogP contribution in [0.25, 0.3) is 11.4 Å². The molecule has 8 nitrogen and oxygen atoms in total. The first-order chi connectivity index (χ1) is 10.4. The lowest BCUT2D eigenvalue weighted by Crippen LogP contribution is -2.36. The van der Waals surface area contributed by atoms with Crippen LogP contribution in [0.3, 0.4) is 0 Å². The molecular weight excluding hydrogens is 286 g/mol. The molecule has 1 atom stereocenters. The van der Waals surface area contributed by atoms with Crippen LogP contribution in [0.2, 0.25) is 0 Å². The van der Waals surface area contributed by atoms with Gasteiger partial charge in [-0.05, 0) is 19.1 Å². The number of hydrogen-bond acceptors (Lipinski definition) is 5. The summed E-state index contributed by atoms with van der Waals surface area (Å²) in [4.78, 5) is 23.5. The fourth-order valence-electron chi connectivity index (χ4n) is 1.89. The molecule has 0 bridgehead atoms. The van der Waals surface area contributed by atoms with Gasteiger partial charge in [0.1, 0.15) is 6.54 Å². The first kappa shape index (κ1) is 15.6. The van der Waals surface area contributed by atoms with Gasteiger partial charge in [0, 0.05) is 11.6 Å². The van der Waals surface area contributed by atoms with E-state index in [1.54, 1.807) is 6.92 Å². The summed E-state index contributed by atoms with van der Waals surface area (Å²) in [6.07, 6.45) is -0.134. The van der Waals surface area contributed by atoms with Crippen LogP contribution < -0.4 is 5.32 Å². The van der Waals surface area contributed by atoms with E-state index in [0.717, 1.165) is 11.1 Å². The zero-order chi connectivity index (χ0) is 16.1. The fourth-order valence-corrected chi connectivity index (χ4v) is 1.89. The molecule has 1 heterocycles. The average Bonchev–Trinajstić information content (AvgIpc) is 2.86. The van der Waals surface area contributed by atoms with Gasteiger partial charge in [-0.3, -0.25) is 9.59 Å². The number of carbonyl (C=O) groups excluding carboxylic acids is 1. The lowest BCUT2D eigenvalue weighted by Gasteiger charge is -2.10. The highest BCUT2D eigenvalue weighted by atomic mass is 16.4. The molecule has 22 heavy (non-hydrogen) atoms. The first-order valence-corrected chi connectivity index (χ1v) is 6.80. The largest absolute Gasteiger partial charge is 0.481 e. The minimum absolute atomic E-state index is 0.108. The van der Waals surface area contributed by atoms with E-state index in [0.29, 0.717) is 5.82 Å². The number of aryl methyl sites for hydroxylation is 1. The number of benzene rings is 1. The lowest BCUT2D eigenvalue weighted by molar-refractivity contribution is -0.137. The Hall–Kier alpha value is -2.77. The van der Waals surface area contributed by atoms with Crippen molar-refractivity contribution in [3.63, 3.8) is 0 Å². The molecule has 0 saturated heterocycles. The highest BCUT2D eigenvalue weighted by Gasteiger charge is 2.13. The number of tetrazole rings is 1. The van der Waals surface area contributed by atoms with E-state index in [-0.39, 0.29) is 18.9 Å². The topological polar surface area (TPSA) is 110 Å². The fraction of sp³-hybridized carbons (Fsp3) is 0.357. The quantitative estimate of drug-likeness (QED) is 0.810. The molecular formula is C14H17N5O3. The minimum atomic E-state index is -0.965. The molecule has 1 aromatic heterocycles. The van der Waals surface area contributed by atoms with E-state index < -0.39 is 12.0 Å². The van der Waals surface area contributed by atoms with Gasteiger partial charge in [-0.15, -0.1) is 10.2 Å². The Morgan fingerprint density at radius 3 is 2.64 bits per heavy atom. The van der Waals surface area contributed by atoms with E-state index in [9.17, 15) is 9.59 Å². The minimum Gasteiger partial charge on any atom is -0.481 e. The van der Waals surface area contributed by atoms with Gasteiger partial charge < -0.3 is 10.4 Å². The number of rotatable bonds is 6. The Labute approximate surface area is 127 Å². The monoisotopic (exact) mass is 303 g/mol. The zero-order valence-corrected chi connectivity index (χ0v) is 12.4. The van der Waals surface area contributed by atoms with Crippen LogP contribution in [0.4, 0.5) is 0 Å². The Morgan fingerprint density at radius 2 is 2.00 bits per heavy atom. The Balaban J connectivity index is 1.95. The number of aromatic nitrogens is 4. The van der Waals surface area contributed by atoms with Crippen molar-refractivity contribution in [2.24, 2.45) is 0 Å². The van der Waals surface area contributed by atoms with Crippen LogP contribution in [0.1, 0.15) is 18.9 Å². The van der Waals surface area contributed by atoms with Gasteiger partial charge in [-0.2, -0.15) is 4.80 Å². The van der Waals surface area contributed by atoms with Crippen molar-refractivity contribution in [2.45, 2.75) is 32.9 Å². The van der Waals surface area contributed by atoms with Crippen LogP contribution in [0, 0.1) is 6.92 Å². The lowest BCUT2D eigenvalue weighted by atomic mass is 10.1. The predicted octanol–water partition coefficient (Wildman–Crippen LogP) is 0.628. The summed E-state index contributed by atoms with van der Waals surface area (Å²) in [6.45, 7) is 3.50. The molecule has 116 valence electrons. The molecule has 1 aromatic carbocycles. The molecule has 2 rings (SSSR count). The summed E-state index contributed by atoms with van der Waals surface area (Å²) in [5, 5.41) is 23.1. The third-order valence-electron chi connectivity index (χ3n) is 2.94. The summed E-state index contributed by atoms with van der Waals surface area (Å²) < 4.78 is 0. The summed E-state index contributed by atoms with van der Waals surface area (Å²) in [5.74, 6) is -0.888. The Kier molecular flexibility index (Phi) is 4.82. The molecule has 0 saturated carbocycles. The number of carboxylic acid groups (broad SMARTS) is 1. The van der Waals surface area contributed by atoms with E-state index in [1.165, 1.54) is 4.80 Å². The maximum atomic E-state index is 11.8. The van der Waals surface area contributed by atoms with E-state index in [1.807, 2.05) is 31.2 Å². The van der Waals surface area contributed by atoms with Crippen molar-refractivity contribution in [1.82, 2.24) is 25.5 Å². The zero-order valence-electron chi connectivity index (χ0n) is 12.4. The molecule has 0 aliphatic heterocycles.